The lowest BCUT2D eigenvalue weighted by Crippen LogP contribution is -2.36. The van der Waals surface area contributed by atoms with Crippen molar-refractivity contribution in [3.63, 3.8) is 0 Å². The molecule has 1 fully saturated rings. The monoisotopic (exact) mass is 415 g/mol. The first-order chi connectivity index (χ1) is 13.3. The number of hydrogen-bond acceptors (Lipinski definition) is 6. The van der Waals surface area contributed by atoms with Crippen molar-refractivity contribution in [1.82, 2.24) is 14.8 Å². The molecule has 1 amide bonds. The lowest BCUT2D eigenvalue weighted by molar-refractivity contribution is -0.147. The molecular formula is C17H20F3N5O2S. The maximum atomic E-state index is 12.8. The van der Waals surface area contributed by atoms with Gasteiger partial charge in [0.2, 0.25) is 11.7 Å². The molecule has 0 unspecified atom stereocenters. The molecule has 1 aromatic carbocycles. The van der Waals surface area contributed by atoms with Crippen LogP contribution in [0.15, 0.2) is 29.4 Å². The maximum absolute atomic E-state index is 12.8. The van der Waals surface area contributed by atoms with Crippen LogP contribution in [0.25, 0.3) is 0 Å². The van der Waals surface area contributed by atoms with E-state index >= 15 is 0 Å². The highest BCUT2D eigenvalue weighted by molar-refractivity contribution is 8.00. The van der Waals surface area contributed by atoms with E-state index in [0.29, 0.717) is 18.9 Å². The standard InChI is InChI=1S/C17H20F3N5O2S/c1-11(28-16-23-22-15(24(16)2)17(18,19)20)14(26)21-12-3-5-13(6-4-12)25-7-9-27-10-8-25/h3-6,11H,7-10H2,1-2H3,(H,21,26)/t11-/m0/s1. The van der Waals surface area contributed by atoms with Gasteiger partial charge in [0.25, 0.3) is 0 Å². The molecule has 7 nitrogen and oxygen atoms in total. The Labute approximate surface area is 164 Å². The van der Waals surface area contributed by atoms with Crippen molar-refractivity contribution in [3.8, 4) is 0 Å². The minimum absolute atomic E-state index is 0.0256. The molecule has 0 aliphatic carbocycles. The van der Waals surface area contributed by atoms with Gasteiger partial charge in [0.05, 0.1) is 18.5 Å². The summed E-state index contributed by atoms with van der Waals surface area (Å²) in [5.74, 6) is -1.43. The first-order valence-electron chi connectivity index (χ1n) is 8.62. The predicted molar refractivity (Wildman–Crippen MR) is 99.4 cm³/mol. The van der Waals surface area contributed by atoms with Gasteiger partial charge < -0.3 is 19.5 Å². The molecule has 1 atom stereocenters. The molecule has 0 saturated carbocycles. The number of benzene rings is 1. The molecule has 28 heavy (non-hydrogen) atoms. The number of alkyl halides is 3. The van der Waals surface area contributed by atoms with Crippen LogP contribution < -0.4 is 10.2 Å². The normalized spacial score (nSPS) is 16.1. The van der Waals surface area contributed by atoms with Crippen molar-refractivity contribution in [2.45, 2.75) is 23.5 Å². The highest BCUT2D eigenvalue weighted by Gasteiger charge is 2.37. The summed E-state index contributed by atoms with van der Waals surface area (Å²) in [6, 6.07) is 7.42. The number of nitrogens with one attached hydrogen (secondary N) is 1. The molecule has 0 bridgehead atoms. The summed E-state index contributed by atoms with van der Waals surface area (Å²) in [5.41, 5.74) is 1.66. The zero-order valence-corrected chi connectivity index (χ0v) is 16.2. The number of carbonyl (C=O) groups excluding carboxylic acids is 1. The Morgan fingerprint density at radius 3 is 2.43 bits per heavy atom. The van der Waals surface area contributed by atoms with Gasteiger partial charge in [0.15, 0.2) is 5.16 Å². The van der Waals surface area contributed by atoms with Crippen LogP contribution in [0.5, 0.6) is 0 Å². The third kappa shape index (κ3) is 4.76. The van der Waals surface area contributed by atoms with Crippen LogP contribution in [0.4, 0.5) is 24.5 Å². The van der Waals surface area contributed by atoms with Crippen LogP contribution in [-0.2, 0) is 22.8 Å². The average Bonchev–Trinajstić information content (AvgIpc) is 3.03. The lowest BCUT2D eigenvalue weighted by atomic mass is 10.2. The number of anilines is 2. The van der Waals surface area contributed by atoms with E-state index in [0.717, 1.165) is 35.1 Å². The summed E-state index contributed by atoms with van der Waals surface area (Å²) in [5, 5.41) is 8.84. The predicted octanol–water partition coefficient (Wildman–Crippen LogP) is 2.79. The van der Waals surface area contributed by atoms with Crippen molar-refractivity contribution in [2.75, 3.05) is 36.5 Å². The van der Waals surface area contributed by atoms with E-state index in [9.17, 15) is 18.0 Å². The number of carbonyl (C=O) groups is 1. The summed E-state index contributed by atoms with van der Waals surface area (Å²) in [4.78, 5) is 14.6. The zero-order chi connectivity index (χ0) is 20.3. The Morgan fingerprint density at radius 2 is 1.86 bits per heavy atom. The average molecular weight is 415 g/mol. The quantitative estimate of drug-likeness (QED) is 0.758. The minimum atomic E-state index is -4.59. The van der Waals surface area contributed by atoms with Crippen molar-refractivity contribution < 1.29 is 22.7 Å². The molecule has 0 spiro atoms. The number of morpholine rings is 1. The summed E-state index contributed by atoms with van der Waals surface area (Å²) in [6.45, 7) is 4.61. The number of halogens is 3. The van der Waals surface area contributed by atoms with E-state index in [1.165, 1.54) is 7.05 Å². The third-order valence-electron chi connectivity index (χ3n) is 4.25. The smallest absolute Gasteiger partial charge is 0.378 e. The number of amides is 1. The largest absolute Gasteiger partial charge is 0.451 e. The Balaban J connectivity index is 1.59. The number of thioether (sulfide) groups is 1. The zero-order valence-electron chi connectivity index (χ0n) is 15.4. The van der Waals surface area contributed by atoms with Crippen LogP contribution in [0.1, 0.15) is 12.7 Å². The van der Waals surface area contributed by atoms with Crippen molar-refractivity contribution in [1.29, 1.82) is 0 Å². The summed E-state index contributed by atoms with van der Waals surface area (Å²) in [6.07, 6.45) is -4.59. The first-order valence-corrected chi connectivity index (χ1v) is 9.50. The fourth-order valence-corrected chi connectivity index (χ4v) is 3.51. The summed E-state index contributed by atoms with van der Waals surface area (Å²) in [7, 11) is 1.22. The second-order valence-electron chi connectivity index (χ2n) is 6.26. The Bertz CT molecular complexity index is 819. The van der Waals surface area contributed by atoms with Gasteiger partial charge in [-0.15, -0.1) is 10.2 Å². The number of hydrogen-bond donors (Lipinski definition) is 1. The van der Waals surface area contributed by atoms with Crippen LogP contribution in [0.3, 0.4) is 0 Å². The fourth-order valence-electron chi connectivity index (χ4n) is 2.70. The number of rotatable bonds is 5. The molecule has 1 aliphatic rings. The molecule has 1 N–H and O–H groups in total. The maximum Gasteiger partial charge on any atom is 0.451 e. The second-order valence-corrected chi connectivity index (χ2v) is 7.57. The number of aromatic nitrogens is 3. The van der Waals surface area contributed by atoms with E-state index in [-0.39, 0.29) is 11.1 Å². The van der Waals surface area contributed by atoms with Gasteiger partial charge >= 0.3 is 6.18 Å². The van der Waals surface area contributed by atoms with E-state index in [2.05, 4.69) is 20.4 Å². The van der Waals surface area contributed by atoms with Crippen LogP contribution in [0, 0.1) is 0 Å². The first kappa shape index (κ1) is 20.5. The summed E-state index contributed by atoms with van der Waals surface area (Å²) < 4.78 is 44.5. The van der Waals surface area contributed by atoms with Crippen LogP contribution >= 0.6 is 11.8 Å². The van der Waals surface area contributed by atoms with Gasteiger partial charge in [-0.3, -0.25) is 4.79 Å². The van der Waals surface area contributed by atoms with Gasteiger partial charge in [0, 0.05) is 31.5 Å². The summed E-state index contributed by atoms with van der Waals surface area (Å²) >= 11 is 0.916. The SMILES string of the molecule is C[C@H](Sc1nnc(C(F)(F)F)n1C)C(=O)Nc1ccc(N2CCOCC2)cc1. The third-order valence-corrected chi connectivity index (χ3v) is 5.38. The van der Waals surface area contributed by atoms with E-state index in [1.807, 2.05) is 12.1 Å². The van der Waals surface area contributed by atoms with E-state index in [4.69, 9.17) is 4.74 Å². The Morgan fingerprint density at radius 1 is 1.21 bits per heavy atom. The van der Waals surface area contributed by atoms with E-state index in [1.54, 1.807) is 19.1 Å². The second kappa shape index (κ2) is 8.39. The Hall–Kier alpha value is -2.27. The minimum Gasteiger partial charge on any atom is -0.378 e. The fraction of sp³-hybridized carbons (Fsp3) is 0.471. The molecule has 1 saturated heterocycles. The molecule has 1 aliphatic heterocycles. The van der Waals surface area contributed by atoms with Crippen LogP contribution in [-0.4, -0.2) is 52.2 Å². The molecular weight excluding hydrogens is 395 g/mol. The van der Waals surface area contributed by atoms with Gasteiger partial charge in [-0.25, -0.2) is 0 Å². The number of ether oxygens (including phenoxy) is 1. The lowest BCUT2D eigenvalue weighted by Gasteiger charge is -2.28. The topological polar surface area (TPSA) is 72.3 Å². The van der Waals surface area contributed by atoms with Crippen molar-refractivity contribution in [3.05, 3.63) is 30.1 Å². The van der Waals surface area contributed by atoms with Gasteiger partial charge in [-0.1, -0.05) is 11.8 Å². The Kier molecular flexibility index (Phi) is 6.14. The van der Waals surface area contributed by atoms with Crippen LogP contribution in [0.2, 0.25) is 0 Å². The van der Waals surface area contributed by atoms with Crippen molar-refractivity contribution in [2.24, 2.45) is 7.05 Å². The van der Waals surface area contributed by atoms with E-state index < -0.39 is 17.3 Å². The highest BCUT2D eigenvalue weighted by atomic mass is 32.2. The molecule has 2 aromatic rings. The highest BCUT2D eigenvalue weighted by Crippen LogP contribution is 2.31. The molecule has 152 valence electrons. The molecule has 11 heteroatoms. The molecule has 3 rings (SSSR count). The molecule has 1 aromatic heterocycles. The molecule has 2 heterocycles. The van der Waals surface area contributed by atoms with Crippen molar-refractivity contribution >= 4 is 29.0 Å². The molecule has 0 radical (unpaired) electrons. The number of nitrogens with zero attached hydrogens (tertiary/aromatic N) is 4. The van der Waals surface area contributed by atoms with Gasteiger partial charge in [0.1, 0.15) is 0 Å². The van der Waals surface area contributed by atoms with Gasteiger partial charge in [-0.2, -0.15) is 13.2 Å². The van der Waals surface area contributed by atoms with Gasteiger partial charge in [-0.05, 0) is 31.2 Å².